The van der Waals surface area contributed by atoms with Crippen LogP contribution in [0.1, 0.15) is 27.7 Å². The van der Waals surface area contributed by atoms with Crippen molar-refractivity contribution in [2.75, 3.05) is 0 Å². The van der Waals surface area contributed by atoms with Crippen molar-refractivity contribution in [1.82, 2.24) is 0 Å². The molecule has 0 aliphatic carbocycles. The van der Waals surface area contributed by atoms with Gasteiger partial charge in [0.15, 0.2) is 8.07 Å². The molecule has 7 rings (SSSR count). The van der Waals surface area contributed by atoms with Crippen LogP contribution in [0.4, 0.5) is 0 Å². The molecule has 0 bridgehead atoms. The highest BCUT2D eigenvalue weighted by Gasteiger charge is 2.52. The van der Waals surface area contributed by atoms with E-state index in [1.165, 1.54) is 42.3 Å². The maximum Gasteiger partial charge on any atom is 0.494 e. The highest BCUT2D eigenvalue weighted by molar-refractivity contribution is 7.20. The molecule has 1 aliphatic rings. The molecule has 0 amide bonds. The topological polar surface area (TPSA) is 18.5 Å². The molecule has 0 aromatic heterocycles. The van der Waals surface area contributed by atoms with Gasteiger partial charge in [-0.2, -0.15) is 0 Å². The summed E-state index contributed by atoms with van der Waals surface area (Å²) in [5, 5.41) is 10.4. The molecule has 6 aromatic carbocycles. The van der Waals surface area contributed by atoms with Gasteiger partial charge in [-0.1, -0.05) is 140 Å². The van der Waals surface area contributed by atoms with Gasteiger partial charge in [-0.15, -0.1) is 0 Å². The fourth-order valence-electron chi connectivity index (χ4n) is 6.43. The van der Waals surface area contributed by atoms with Gasteiger partial charge in [-0.3, -0.25) is 0 Å². The second-order valence-electron chi connectivity index (χ2n) is 12.5. The molecule has 0 N–H and O–H groups in total. The van der Waals surface area contributed by atoms with Gasteiger partial charge in [0, 0.05) is 0 Å². The first-order valence-electron chi connectivity index (χ1n) is 14.8. The summed E-state index contributed by atoms with van der Waals surface area (Å²) in [7, 11) is -3.22. The van der Waals surface area contributed by atoms with Crippen LogP contribution in [0, 0.1) is 0 Å². The minimum absolute atomic E-state index is 0.404. The zero-order valence-electron chi connectivity index (χ0n) is 24.7. The number of hydrogen-bond acceptors (Lipinski definition) is 2. The quantitative estimate of drug-likeness (QED) is 0.199. The Hall–Kier alpha value is -3.96. The van der Waals surface area contributed by atoms with Gasteiger partial charge in [0.05, 0.1) is 11.2 Å². The summed E-state index contributed by atoms with van der Waals surface area (Å²) >= 11 is 0. The first-order chi connectivity index (χ1) is 20.3. The van der Waals surface area contributed by atoms with E-state index in [-0.39, 0.29) is 0 Å². The minimum Gasteiger partial charge on any atom is -0.399 e. The summed E-state index contributed by atoms with van der Waals surface area (Å²) in [5.41, 5.74) is 0.247. The Kier molecular flexibility index (Phi) is 6.47. The first-order valence-corrected chi connectivity index (χ1v) is 16.8. The lowest BCUT2D eigenvalue weighted by molar-refractivity contribution is 0.00578. The Labute approximate surface area is 250 Å². The van der Waals surface area contributed by atoms with Crippen LogP contribution >= 0.6 is 0 Å². The highest BCUT2D eigenvalue weighted by Crippen LogP contribution is 2.36. The lowest BCUT2D eigenvalue weighted by Crippen LogP contribution is -2.75. The van der Waals surface area contributed by atoms with E-state index in [4.69, 9.17) is 9.31 Å². The highest BCUT2D eigenvalue weighted by atomic mass is 28.3. The predicted molar refractivity (Wildman–Crippen MR) is 181 cm³/mol. The Morgan fingerprint density at radius 3 is 1.43 bits per heavy atom. The fraction of sp³-hybridized carbons (Fsp3) is 0.158. The summed E-state index contributed by atoms with van der Waals surface area (Å²) in [6.07, 6.45) is 0. The van der Waals surface area contributed by atoms with Gasteiger partial charge < -0.3 is 9.31 Å². The summed E-state index contributed by atoms with van der Waals surface area (Å²) in [6.45, 7) is 8.46. The predicted octanol–water partition coefficient (Wildman–Crippen LogP) is 5.67. The van der Waals surface area contributed by atoms with Gasteiger partial charge in [0.25, 0.3) is 0 Å². The van der Waals surface area contributed by atoms with Crippen molar-refractivity contribution in [1.29, 1.82) is 0 Å². The SMILES string of the molecule is CC1(C)OB(c2cccc([Si](c3ccccc3)(c3ccc4ccccc4c3)c3ccc4ccccc4c3)c2)OC1(C)C. The monoisotopic (exact) mass is 562 g/mol. The van der Waals surface area contributed by atoms with E-state index >= 15 is 0 Å². The van der Waals surface area contributed by atoms with Crippen LogP contribution in [0.15, 0.2) is 140 Å². The number of fused-ring (bicyclic) bond motifs is 2. The van der Waals surface area contributed by atoms with E-state index in [1.807, 2.05) is 0 Å². The molecule has 0 atom stereocenters. The van der Waals surface area contributed by atoms with Gasteiger partial charge >= 0.3 is 7.12 Å². The fourth-order valence-corrected chi connectivity index (χ4v) is 11.3. The van der Waals surface area contributed by atoms with Gasteiger partial charge in [0.2, 0.25) is 0 Å². The average molecular weight is 563 g/mol. The Morgan fingerprint density at radius 2 is 0.881 bits per heavy atom. The summed E-state index contributed by atoms with van der Waals surface area (Å²) in [5.74, 6) is 0. The number of rotatable bonds is 5. The molecule has 42 heavy (non-hydrogen) atoms. The van der Waals surface area contributed by atoms with Crippen LogP contribution in [-0.4, -0.2) is 26.4 Å². The van der Waals surface area contributed by atoms with Crippen molar-refractivity contribution >= 4 is 62.9 Å². The minimum atomic E-state index is -2.80. The molecule has 1 fully saturated rings. The molecule has 2 nitrogen and oxygen atoms in total. The molecule has 0 unspecified atom stereocenters. The molecule has 1 saturated heterocycles. The van der Waals surface area contributed by atoms with Crippen LogP contribution in [0.2, 0.25) is 0 Å². The average Bonchev–Trinajstić information content (AvgIpc) is 3.24. The van der Waals surface area contributed by atoms with Crippen LogP contribution in [0.3, 0.4) is 0 Å². The summed E-state index contributed by atoms with van der Waals surface area (Å²) < 4.78 is 13.1. The molecular weight excluding hydrogens is 527 g/mol. The molecule has 1 aliphatic heterocycles. The molecule has 6 aromatic rings. The van der Waals surface area contributed by atoms with Crippen LogP contribution < -0.4 is 26.2 Å². The van der Waals surface area contributed by atoms with Crippen molar-refractivity contribution in [2.24, 2.45) is 0 Å². The van der Waals surface area contributed by atoms with Crippen molar-refractivity contribution in [3.63, 3.8) is 0 Å². The Bertz CT molecular complexity index is 1820. The maximum atomic E-state index is 6.54. The van der Waals surface area contributed by atoms with E-state index in [0.717, 1.165) is 5.46 Å². The molecule has 0 spiro atoms. The smallest absolute Gasteiger partial charge is 0.399 e. The number of benzene rings is 6. The molecule has 206 valence electrons. The third kappa shape index (κ3) is 4.33. The molecule has 1 heterocycles. The lowest BCUT2D eigenvalue weighted by atomic mass is 9.79. The van der Waals surface area contributed by atoms with E-state index in [1.54, 1.807) is 0 Å². The van der Waals surface area contributed by atoms with E-state index < -0.39 is 26.4 Å². The van der Waals surface area contributed by atoms with Crippen molar-refractivity contribution in [2.45, 2.75) is 38.9 Å². The molecular formula is C38H35BO2Si. The molecule has 0 saturated carbocycles. The lowest BCUT2D eigenvalue weighted by Gasteiger charge is -2.35. The van der Waals surface area contributed by atoms with Crippen molar-refractivity contribution < 1.29 is 9.31 Å². The largest absolute Gasteiger partial charge is 0.494 e. The Morgan fingerprint density at radius 1 is 0.429 bits per heavy atom. The molecule has 0 radical (unpaired) electrons. The third-order valence-electron chi connectivity index (χ3n) is 9.42. The Balaban J connectivity index is 1.54. The normalized spacial score (nSPS) is 16.2. The number of hydrogen-bond donors (Lipinski definition) is 0. The van der Waals surface area contributed by atoms with Gasteiger partial charge in [-0.05, 0) is 75.4 Å². The van der Waals surface area contributed by atoms with Crippen LogP contribution in [0.5, 0.6) is 0 Å². The van der Waals surface area contributed by atoms with E-state index in [9.17, 15) is 0 Å². The summed E-state index contributed by atoms with van der Waals surface area (Å²) in [6, 6.07) is 51.6. The maximum absolute atomic E-state index is 6.54. The second-order valence-corrected chi connectivity index (χ2v) is 16.3. The third-order valence-corrected chi connectivity index (χ3v) is 14.1. The van der Waals surface area contributed by atoms with Gasteiger partial charge in [-0.25, -0.2) is 0 Å². The zero-order chi connectivity index (χ0) is 29.0. The second kappa shape index (κ2) is 10.1. The van der Waals surface area contributed by atoms with Crippen molar-refractivity contribution in [3.8, 4) is 0 Å². The van der Waals surface area contributed by atoms with Gasteiger partial charge in [0.1, 0.15) is 0 Å². The molecule has 4 heteroatoms. The van der Waals surface area contributed by atoms with E-state index in [0.29, 0.717) is 0 Å². The van der Waals surface area contributed by atoms with Crippen LogP contribution in [-0.2, 0) is 9.31 Å². The summed E-state index contributed by atoms with van der Waals surface area (Å²) in [4.78, 5) is 0. The zero-order valence-corrected chi connectivity index (χ0v) is 25.7. The van der Waals surface area contributed by atoms with Crippen molar-refractivity contribution in [3.05, 3.63) is 140 Å². The van der Waals surface area contributed by atoms with Crippen LogP contribution in [0.25, 0.3) is 21.5 Å². The first kappa shape index (κ1) is 26.9. The van der Waals surface area contributed by atoms with E-state index in [2.05, 4.69) is 167 Å². The standard InChI is InChI=1S/C38H35BO2Si/c1-37(2)38(3,4)41-39(40-37)32-17-12-20-34(27-32)42(33-18-6-5-7-19-33,35-23-21-28-13-8-10-15-30(28)25-35)36-24-22-29-14-9-11-16-31(29)26-36/h5-27H,1-4H3.